The van der Waals surface area contributed by atoms with E-state index in [2.05, 4.69) is 6.92 Å². The van der Waals surface area contributed by atoms with Gasteiger partial charge in [-0.25, -0.2) is 4.57 Å². The summed E-state index contributed by atoms with van der Waals surface area (Å²) in [6.45, 7) is 3.01. The largest absolute Gasteiger partial charge is 0.470 e. The Morgan fingerprint density at radius 1 is 1.23 bits per heavy atom. The van der Waals surface area contributed by atoms with E-state index in [0.29, 0.717) is 19.3 Å². The lowest BCUT2D eigenvalue weighted by Crippen LogP contribution is -2.62. The van der Waals surface area contributed by atoms with E-state index in [1.165, 1.54) is 0 Å². The Morgan fingerprint density at radius 2 is 1.93 bits per heavy atom. The lowest BCUT2D eigenvalue weighted by molar-refractivity contribution is -0.179. The van der Waals surface area contributed by atoms with Gasteiger partial charge in [0.25, 0.3) is 0 Å². The van der Waals surface area contributed by atoms with E-state index in [-0.39, 0.29) is 41.8 Å². The van der Waals surface area contributed by atoms with Gasteiger partial charge in [0.1, 0.15) is 12.2 Å². The second-order valence-corrected chi connectivity index (χ2v) is 11.3. The molecule has 0 aromatic carbocycles. The molecule has 0 aromatic heterocycles. The van der Waals surface area contributed by atoms with E-state index in [4.69, 9.17) is 4.52 Å². The second kappa shape index (κ2) is 7.06. The molecule has 4 aliphatic rings. The van der Waals surface area contributed by atoms with Crippen LogP contribution in [0.15, 0.2) is 11.6 Å². The molecule has 0 aliphatic heterocycles. The van der Waals surface area contributed by atoms with Gasteiger partial charge in [-0.1, -0.05) is 19.4 Å². The number of aliphatic hydroxyl groups excluding tert-OH is 2. The third-order valence-corrected chi connectivity index (χ3v) is 9.43. The zero-order valence-corrected chi connectivity index (χ0v) is 18.3. The first-order valence-electron chi connectivity index (χ1n) is 10.7. The van der Waals surface area contributed by atoms with Crippen molar-refractivity contribution in [3.05, 3.63) is 11.6 Å². The van der Waals surface area contributed by atoms with Crippen LogP contribution in [-0.2, 0) is 18.7 Å². The predicted molar refractivity (Wildman–Crippen MR) is 106 cm³/mol. The van der Waals surface area contributed by atoms with Crippen LogP contribution in [0.25, 0.3) is 0 Å². The van der Waals surface area contributed by atoms with Crippen LogP contribution >= 0.6 is 7.82 Å². The third-order valence-electron chi connectivity index (χ3n) is 8.89. The number of allylic oxidation sites excluding steroid dienone is 1. The standard InChI is InChI=1S/C21H31O8P/c1-19-7-5-13(23)9-12(19)3-4-14-15-6-8-21(17(25)11-22,29-30(26,27)28)20(15,2)10-16(24)18(14)19/h9,14-16,18,22,24H,3-8,10-11H2,1-2H3,(H2,26,27,28)/t14-,15-,16-,18+,19-,20-,21-/m0/s1. The molecule has 3 fully saturated rings. The summed E-state index contributed by atoms with van der Waals surface area (Å²) in [5.74, 6) is -0.738. The minimum absolute atomic E-state index is 0.0443. The van der Waals surface area contributed by atoms with Gasteiger partial charge >= 0.3 is 7.82 Å². The van der Waals surface area contributed by atoms with Gasteiger partial charge in [0.05, 0.1) is 6.10 Å². The van der Waals surface area contributed by atoms with Crippen molar-refractivity contribution in [2.24, 2.45) is 28.6 Å². The van der Waals surface area contributed by atoms with E-state index >= 15 is 0 Å². The number of phosphoric acid groups is 1. The summed E-state index contributed by atoms with van der Waals surface area (Å²) in [5.41, 5.74) is -2.04. The fourth-order valence-corrected chi connectivity index (χ4v) is 8.47. The molecule has 4 N–H and O–H groups in total. The van der Waals surface area contributed by atoms with Crippen molar-refractivity contribution < 1.29 is 38.7 Å². The predicted octanol–water partition coefficient (Wildman–Crippen LogP) is 1.90. The van der Waals surface area contributed by atoms with Crippen LogP contribution in [0.3, 0.4) is 0 Å². The number of hydrogen-bond acceptors (Lipinski definition) is 6. The second-order valence-electron chi connectivity index (χ2n) is 10.1. The fraction of sp³-hybridized carbons (Fsp3) is 0.810. The molecule has 0 saturated heterocycles. The van der Waals surface area contributed by atoms with Crippen molar-refractivity contribution in [3.63, 3.8) is 0 Å². The average Bonchev–Trinajstić information content (AvgIpc) is 2.92. The van der Waals surface area contributed by atoms with Crippen molar-refractivity contribution in [3.8, 4) is 0 Å². The van der Waals surface area contributed by atoms with Crippen LogP contribution in [0.4, 0.5) is 0 Å². The van der Waals surface area contributed by atoms with E-state index < -0.39 is 37.3 Å². The van der Waals surface area contributed by atoms with Crippen LogP contribution < -0.4 is 0 Å². The molecule has 4 rings (SSSR count). The molecule has 9 heteroatoms. The summed E-state index contributed by atoms with van der Waals surface area (Å²) >= 11 is 0. The molecular weight excluding hydrogens is 411 g/mol. The molecule has 3 saturated carbocycles. The van der Waals surface area contributed by atoms with Crippen LogP contribution in [0, 0.1) is 28.6 Å². The highest BCUT2D eigenvalue weighted by molar-refractivity contribution is 7.46. The normalized spacial score (nSPS) is 45.9. The average molecular weight is 442 g/mol. The Hall–Kier alpha value is -0.890. The molecule has 0 radical (unpaired) electrons. The summed E-state index contributed by atoms with van der Waals surface area (Å²) < 4.78 is 17.0. The highest BCUT2D eigenvalue weighted by Gasteiger charge is 2.70. The Morgan fingerprint density at radius 3 is 2.57 bits per heavy atom. The molecule has 8 nitrogen and oxygen atoms in total. The maximum atomic E-state index is 12.8. The molecule has 7 atom stereocenters. The number of carbonyl (C=O) groups is 2. The van der Waals surface area contributed by atoms with Gasteiger partial charge in [-0.15, -0.1) is 0 Å². The molecule has 168 valence electrons. The summed E-state index contributed by atoms with van der Waals surface area (Å²) in [6.07, 6.45) is 4.34. The van der Waals surface area contributed by atoms with Crippen molar-refractivity contribution >= 4 is 19.4 Å². The maximum absolute atomic E-state index is 12.8. The van der Waals surface area contributed by atoms with E-state index in [9.17, 15) is 34.2 Å². The first-order chi connectivity index (χ1) is 13.9. The van der Waals surface area contributed by atoms with E-state index in [1.807, 2.05) is 0 Å². The number of hydrogen-bond donors (Lipinski definition) is 4. The molecule has 0 spiro atoms. The van der Waals surface area contributed by atoms with Crippen LogP contribution in [0.5, 0.6) is 0 Å². The number of fused-ring (bicyclic) bond motifs is 5. The molecule has 0 bridgehead atoms. The van der Waals surface area contributed by atoms with Crippen molar-refractivity contribution in [2.45, 2.75) is 70.5 Å². The van der Waals surface area contributed by atoms with Crippen molar-refractivity contribution in [2.75, 3.05) is 6.61 Å². The number of ketones is 2. The Kier molecular flexibility index (Phi) is 5.25. The summed E-state index contributed by atoms with van der Waals surface area (Å²) in [6, 6.07) is 0. The lowest BCUT2D eigenvalue weighted by atomic mass is 9.45. The van der Waals surface area contributed by atoms with Gasteiger partial charge in [-0.3, -0.25) is 14.1 Å². The molecular formula is C21H31O8P. The highest BCUT2D eigenvalue weighted by atomic mass is 31.2. The highest BCUT2D eigenvalue weighted by Crippen LogP contribution is 2.70. The molecule has 0 unspecified atom stereocenters. The molecule has 0 amide bonds. The Bertz CT molecular complexity index is 848. The van der Waals surface area contributed by atoms with Gasteiger partial charge < -0.3 is 20.0 Å². The zero-order chi connectivity index (χ0) is 22.1. The topological polar surface area (TPSA) is 141 Å². The van der Waals surface area contributed by atoms with Gasteiger partial charge in [0.15, 0.2) is 11.6 Å². The summed E-state index contributed by atoms with van der Waals surface area (Å²) in [4.78, 5) is 43.9. The number of carbonyl (C=O) groups excluding carboxylic acids is 2. The van der Waals surface area contributed by atoms with Crippen LogP contribution in [0.1, 0.15) is 58.8 Å². The first kappa shape index (κ1) is 22.3. The summed E-state index contributed by atoms with van der Waals surface area (Å²) in [5, 5.41) is 20.9. The number of rotatable bonds is 4. The van der Waals surface area contributed by atoms with E-state index in [1.54, 1.807) is 13.0 Å². The van der Waals surface area contributed by atoms with Gasteiger partial charge in [-0.05, 0) is 67.8 Å². The van der Waals surface area contributed by atoms with Gasteiger partial charge in [-0.2, -0.15) is 0 Å². The first-order valence-corrected chi connectivity index (χ1v) is 12.2. The molecule has 4 aliphatic carbocycles. The molecule has 0 aromatic rings. The SMILES string of the molecule is C[C@]12CCC(=O)C=C1CC[C@@H]1[C@@H]2[C@@H](O)C[C@@]2(C)[C@H]1CC[C@]2(OP(=O)(O)O)C(=O)CO. The van der Waals surface area contributed by atoms with Crippen LogP contribution in [0.2, 0.25) is 0 Å². The fourth-order valence-electron chi connectivity index (χ4n) is 7.66. The van der Waals surface area contributed by atoms with Crippen molar-refractivity contribution in [1.29, 1.82) is 0 Å². The van der Waals surface area contributed by atoms with Gasteiger partial charge in [0.2, 0.25) is 0 Å². The maximum Gasteiger partial charge on any atom is 0.470 e. The monoisotopic (exact) mass is 442 g/mol. The number of Topliss-reactive ketones (excluding diaryl/α,β-unsaturated/α-hetero) is 1. The third kappa shape index (κ3) is 3.03. The smallest absolute Gasteiger partial charge is 0.393 e. The molecule has 30 heavy (non-hydrogen) atoms. The quantitative estimate of drug-likeness (QED) is 0.484. The lowest BCUT2D eigenvalue weighted by Gasteiger charge is -2.60. The number of aliphatic hydroxyl groups is 2. The Labute approximate surface area is 175 Å². The minimum Gasteiger partial charge on any atom is -0.393 e. The molecule has 0 heterocycles. The van der Waals surface area contributed by atoms with Crippen LogP contribution in [-0.4, -0.2) is 49.9 Å². The number of phosphoric ester groups is 1. The van der Waals surface area contributed by atoms with E-state index in [0.717, 1.165) is 18.4 Å². The van der Waals surface area contributed by atoms with Gasteiger partial charge in [0, 0.05) is 11.8 Å². The summed E-state index contributed by atoms with van der Waals surface area (Å²) in [7, 11) is -5.01. The Balaban J connectivity index is 1.77. The zero-order valence-electron chi connectivity index (χ0n) is 17.4. The van der Waals surface area contributed by atoms with Crippen molar-refractivity contribution in [1.82, 2.24) is 0 Å². The minimum atomic E-state index is -5.01.